The van der Waals surface area contributed by atoms with Gasteiger partial charge < -0.3 is 9.32 Å². The first kappa shape index (κ1) is 23.0. The molecule has 2 heteroatoms. The number of benzene rings is 8. The molecule has 0 radical (unpaired) electrons. The minimum Gasteiger partial charge on any atom is -0.455 e. The Morgan fingerprint density at radius 1 is 0.438 bits per heavy atom. The van der Waals surface area contributed by atoms with Gasteiger partial charge in [-0.05, 0) is 81.2 Å². The lowest BCUT2D eigenvalue weighted by atomic mass is 9.95. The lowest BCUT2D eigenvalue weighted by molar-refractivity contribution is 0.672. The third-order valence-electron chi connectivity index (χ3n) is 8.96. The van der Waals surface area contributed by atoms with Crippen LogP contribution < -0.4 is 4.90 Å². The number of hydrogen-bond donors (Lipinski definition) is 0. The summed E-state index contributed by atoms with van der Waals surface area (Å²) < 4.78 is 49.4. The van der Waals surface area contributed by atoms with E-state index in [1.165, 1.54) is 11.1 Å². The Balaban J connectivity index is 1.23. The number of fused-ring (bicyclic) bond motifs is 5. The van der Waals surface area contributed by atoms with E-state index in [4.69, 9.17) is 11.3 Å². The molecule has 226 valence electrons. The van der Waals surface area contributed by atoms with Gasteiger partial charge in [0.15, 0.2) is 0 Å². The van der Waals surface area contributed by atoms with Gasteiger partial charge in [0.25, 0.3) is 0 Å². The Hall–Kier alpha value is -6.38. The van der Waals surface area contributed by atoms with Gasteiger partial charge in [0.2, 0.25) is 0 Å². The van der Waals surface area contributed by atoms with Crippen molar-refractivity contribution in [1.29, 1.82) is 0 Å². The van der Waals surface area contributed by atoms with Crippen molar-refractivity contribution in [1.82, 2.24) is 0 Å². The minimum atomic E-state index is -0.418. The number of para-hydroxylation sites is 1. The van der Waals surface area contributed by atoms with Gasteiger partial charge >= 0.3 is 0 Å². The Morgan fingerprint density at radius 2 is 1.00 bits per heavy atom. The molecular weight excluding hydrogens is 583 g/mol. The van der Waals surface area contributed by atoms with Crippen LogP contribution in [-0.4, -0.2) is 0 Å². The van der Waals surface area contributed by atoms with Crippen LogP contribution in [-0.2, 0) is 0 Å². The van der Waals surface area contributed by atoms with Gasteiger partial charge in [-0.25, -0.2) is 0 Å². The van der Waals surface area contributed by atoms with E-state index in [1.54, 1.807) is 0 Å². The molecule has 0 aliphatic rings. The SMILES string of the molecule is [2H]c1c([2H])c([2H])c(-c2cc3c(oc4cccc(N(c5ccccc5)c5ccc(-c6ccc(-c7ccccc7)cc6)cc5)c43)c3ccccc23)c([2H])c1[2H]. The third kappa shape index (κ3) is 4.83. The van der Waals surface area contributed by atoms with Crippen molar-refractivity contribution in [3.8, 4) is 33.4 Å². The third-order valence-corrected chi connectivity index (χ3v) is 8.96. The van der Waals surface area contributed by atoms with Crippen LogP contribution in [0.3, 0.4) is 0 Å². The van der Waals surface area contributed by atoms with Gasteiger partial charge in [-0.3, -0.25) is 0 Å². The zero-order chi connectivity index (χ0) is 36.2. The molecule has 0 N–H and O–H groups in total. The molecule has 48 heavy (non-hydrogen) atoms. The van der Waals surface area contributed by atoms with Crippen LogP contribution in [0.25, 0.3) is 66.1 Å². The first-order valence-corrected chi connectivity index (χ1v) is 15.9. The zero-order valence-corrected chi connectivity index (χ0v) is 25.9. The number of rotatable bonds is 6. The topological polar surface area (TPSA) is 16.4 Å². The number of nitrogens with zero attached hydrogens (tertiary/aromatic N) is 1. The van der Waals surface area contributed by atoms with E-state index >= 15 is 0 Å². The second kappa shape index (κ2) is 11.8. The second-order valence-corrected chi connectivity index (χ2v) is 11.8. The summed E-state index contributed by atoms with van der Waals surface area (Å²) in [6.07, 6.45) is 0. The summed E-state index contributed by atoms with van der Waals surface area (Å²) in [7, 11) is 0. The van der Waals surface area contributed by atoms with Crippen molar-refractivity contribution in [3.05, 3.63) is 188 Å². The summed E-state index contributed by atoms with van der Waals surface area (Å²) in [5.74, 6) is 0. The predicted molar refractivity (Wildman–Crippen MR) is 202 cm³/mol. The molecule has 0 saturated heterocycles. The number of hydrogen-bond acceptors (Lipinski definition) is 2. The normalized spacial score (nSPS) is 12.8. The first-order valence-electron chi connectivity index (χ1n) is 18.4. The molecule has 0 aliphatic carbocycles. The molecule has 1 heterocycles. The number of furan rings is 1. The largest absolute Gasteiger partial charge is 0.455 e. The van der Waals surface area contributed by atoms with Gasteiger partial charge in [0.05, 0.1) is 17.9 Å². The summed E-state index contributed by atoms with van der Waals surface area (Å²) >= 11 is 0. The van der Waals surface area contributed by atoms with Gasteiger partial charge in [-0.15, -0.1) is 0 Å². The van der Waals surface area contributed by atoms with E-state index in [0.29, 0.717) is 16.7 Å². The van der Waals surface area contributed by atoms with Crippen LogP contribution in [0.5, 0.6) is 0 Å². The molecule has 0 spiro atoms. The molecule has 0 saturated carbocycles. The van der Waals surface area contributed by atoms with Crippen LogP contribution in [0.1, 0.15) is 6.85 Å². The molecule has 0 bridgehead atoms. The molecule has 9 aromatic rings. The minimum absolute atomic E-state index is 0.160. The average molecular weight is 619 g/mol. The summed E-state index contributed by atoms with van der Waals surface area (Å²) in [5, 5.41) is 3.17. The van der Waals surface area contributed by atoms with Crippen molar-refractivity contribution >= 4 is 49.8 Å². The van der Waals surface area contributed by atoms with Crippen molar-refractivity contribution in [2.24, 2.45) is 0 Å². The van der Waals surface area contributed by atoms with Crippen molar-refractivity contribution in [3.63, 3.8) is 0 Å². The monoisotopic (exact) mass is 618 g/mol. The maximum Gasteiger partial charge on any atom is 0.143 e. The van der Waals surface area contributed by atoms with Crippen LogP contribution in [0, 0.1) is 0 Å². The smallest absolute Gasteiger partial charge is 0.143 e. The van der Waals surface area contributed by atoms with E-state index in [-0.39, 0.29) is 29.7 Å². The lowest BCUT2D eigenvalue weighted by Crippen LogP contribution is -2.10. The zero-order valence-electron chi connectivity index (χ0n) is 30.9. The van der Waals surface area contributed by atoms with E-state index < -0.39 is 6.04 Å². The van der Waals surface area contributed by atoms with Crippen LogP contribution in [0.4, 0.5) is 17.1 Å². The molecule has 0 atom stereocenters. The van der Waals surface area contributed by atoms with Crippen LogP contribution in [0.2, 0.25) is 0 Å². The summed E-state index contributed by atoms with van der Waals surface area (Å²) in [4.78, 5) is 2.21. The standard InChI is InChI=1S/C46H31NO/c1-4-13-32(14-5-1)33-23-25-34(26-24-33)35-27-29-38(30-28-35)47(37-17-8-3-9-18-37)43-21-12-22-44-45(43)42-31-41(36-15-6-2-7-16-36)39-19-10-11-20-40(39)46(42)48-44/h1-31H/i2D,6D,7D,15D,16D. The van der Waals surface area contributed by atoms with Gasteiger partial charge in [-0.2, -0.15) is 0 Å². The van der Waals surface area contributed by atoms with Crippen molar-refractivity contribution < 1.29 is 11.3 Å². The molecule has 9 rings (SSSR count). The molecule has 0 unspecified atom stereocenters. The Labute approximate surface area is 286 Å². The molecule has 1 aromatic heterocycles. The van der Waals surface area contributed by atoms with E-state index in [1.807, 2.05) is 66.7 Å². The molecule has 8 aromatic carbocycles. The first-order chi connectivity index (χ1) is 25.9. The molecule has 0 amide bonds. The fourth-order valence-electron chi connectivity index (χ4n) is 6.70. The van der Waals surface area contributed by atoms with E-state index in [2.05, 4.69) is 95.9 Å². The maximum atomic E-state index is 8.84. The Morgan fingerprint density at radius 3 is 1.69 bits per heavy atom. The Kier molecular flexibility index (Phi) is 5.64. The number of anilines is 3. The van der Waals surface area contributed by atoms with Crippen molar-refractivity contribution in [2.75, 3.05) is 4.90 Å². The van der Waals surface area contributed by atoms with E-state index in [0.717, 1.165) is 49.7 Å². The van der Waals surface area contributed by atoms with E-state index in [9.17, 15) is 0 Å². The van der Waals surface area contributed by atoms with Crippen LogP contribution >= 0.6 is 0 Å². The van der Waals surface area contributed by atoms with Gasteiger partial charge in [0, 0.05) is 22.1 Å². The molecule has 2 nitrogen and oxygen atoms in total. The predicted octanol–water partition coefficient (Wildman–Crippen LogP) is 13.2. The molecular formula is C46H31NO. The van der Waals surface area contributed by atoms with Gasteiger partial charge in [0.1, 0.15) is 11.2 Å². The highest BCUT2D eigenvalue weighted by molar-refractivity contribution is 6.22. The quantitative estimate of drug-likeness (QED) is 0.184. The highest BCUT2D eigenvalue weighted by atomic mass is 16.3. The molecule has 0 fully saturated rings. The summed E-state index contributed by atoms with van der Waals surface area (Å²) in [6.45, 7) is 0. The lowest BCUT2D eigenvalue weighted by Gasteiger charge is -2.26. The fourth-order valence-corrected chi connectivity index (χ4v) is 6.70. The summed E-state index contributed by atoms with van der Waals surface area (Å²) in [6, 6.07) is 51.7. The van der Waals surface area contributed by atoms with Crippen LogP contribution in [0.15, 0.2) is 192 Å². The highest BCUT2D eigenvalue weighted by Crippen LogP contribution is 2.46. The Bertz CT molecular complexity index is 2790. The second-order valence-electron chi connectivity index (χ2n) is 11.8. The summed E-state index contributed by atoms with van der Waals surface area (Å²) in [5.41, 5.74) is 9.43. The maximum absolute atomic E-state index is 8.84. The fraction of sp³-hybridized carbons (Fsp3) is 0. The average Bonchev–Trinajstić information content (AvgIpc) is 3.60. The molecule has 0 aliphatic heterocycles. The highest BCUT2D eigenvalue weighted by Gasteiger charge is 2.21. The van der Waals surface area contributed by atoms with Gasteiger partial charge in [-0.1, -0.05) is 145 Å². The van der Waals surface area contributed by atoms with Crippen molar-refractivity contribution in [2.45, 2.75) is 0 Å².